The van der Waals surface area contributed by atoms with E-state index in [1.165, 1.54) is 14.2 Å². The van der Waals surface area contributed by atoms with Crippen molar-refractivity contribution in [2.75, 3.05) is 27.4 Å². The lowest BCUT2D eigenvalue weighted by atomic mass is 10.1. The molecule has 0 radical (unpaired) electrons. The number of carbonyl (C=O) groups is 2. The predicted octanol–water partition coefficient (Wildman–Crippen LogP) is 9.22. The molecular formula is C38H54O7. The first-order valence-electron chi connectivity index (χ1n) is 15.3. The van der Waals surface area contributed by atoms with Crippen molar-refractivity contribution in [3.05, 3.63) is 109 Å². The van der Waals surface area contributed by atoms with Gasteiger partial charge in [0.15, 0.2) is 6.61 Å². The summed E-state index contributed by atoms with van der Waals surface area (Å²) in [6.45, 7) is 15.4. The fourth-order valence-electron chi connectivity index (χ4n) is 3.04. The summed E-state index contributed by atoms with van der Waals surface area (Å²) in [5, 5.41) is 17.4. The average Bonchev–Trinajstić information content (AvgIpc) is 3.15. The van der Waals surface area contributed by atoms with Crippen LogP contribution in [0.25, 0.3) is 22.3 Å². The number of rotatable bonds is 6. The normalized spacial score (nSPS) is 8.33. The van der Waals surface area contributed by atoms with Crippen LogP contribution < -0.4 is 4.74 Å². The van der Waals surface area contributed by atoms with E-state index in [0.717, 1.165) is 22.3 Å². The van der Waals surface area contributed by atoms with Gasteiger partial charge in [-0.15, -0.1) is 0 Å². The molecule has 4 aromatic rings. The van der Waals surface area contributed by atoms with Crippen molar-refractivity contribution in [1.29, 1.82) is 0 Å². The maximum absolute atomic E-state index is 11.1. The molecule has 0 saturated carbocycles. The number of ether oxygens (including phenoxy) is 3. The number of aromatic hydroxyl groups is 1. The molecule has 7 nitrogen and oxygen atoms in total. The highest BCUT2D eigenvalue weighted by atomic mass is 16.6. The molecule has 4 aromatic carbocycles. The topological polar surface area (TPSA) is 102 Å². The molecule has 248 valence electrons. The van der Waals surface area contributed by atoms with Crippen LogP contribution in [0.4, 0.5) is 0 Å². The SMILES string of the molecule is CC.CC.CC.CC.COC(=O)CO.COC(=O)COc1ccccc1-c1ccccc1.Oc1ccccc1-c1ccccc1. The molecule has 0 unspecified atom stereocenters. The highest BCUT2D eigenvalue weighted by Crippen LogP contribution is 2.29. The maximum atomic E-state index is 11.1. The molecule has 7 heteroatoms. The number of methoxy groups -OCH3 is 2. The Morgan fingerprint density at radius 1 is 0.533 bits per heavy atom. The number of aliphatic hydroxyl groups is 1. The van der Waals surface area contributed by atoms with Gasteiger partial charge in [0.25, 0.3) is 0 Å². The van der Waals surface area contributed by atoms with Gasteiger partial charge in [0.05, 0.1) is 14.2 Å². The molecule has 0 spiro atoms. The first-order valence-corrected chi connectivity index (χ1v) is 15.3. The predicted molar refractivity (Wildman–Crippen MR) is 187 cm³/mol. The van der Waals surface area contributed by atoms with Crippen LogP contribution in [-0.2, 0) is 19.1 Å². The Morgan fingerprint density at radius 2 is 0.911 bits per heavy atom. The average molecular weight is 623 g/mol. The number of phenols is 1. The zero-order valence-electron chi connectivity index (χ0n) is 28.7. The second-order valence-corrected chi connectivity index (χ2v) is 7.34. The molecule has 0 heterocycles. The minimum atomic E-state index is -0.602. The molecule has 0 saturated heterocycles. The summed E-state index contributed by atoms with van der Waals surface area (Å²) in [5.74, 6) is 0.00987. The molecule has 0 atom stereocenters. The number of hydrogen-bond acceptors (Lipinski definition) is 7. The van der Waals surface area contributed by atoms with E-state index in [0.29, 0.717) is 11.5 Å². The van der Waals surface area contributed by atoms with Gasteiger partial charge in [-0.3, -0.25) is 0 Å². The summed E-state index contributed by atoms with van der Waals surface area (Å²) in [6, 6.07) is 34.7. The van der Waals surface area contributed by atoms with E-state index < -0.39 is 18.5 Å². The molecule has 0 aliphatic carbocycles. The zero-order chi connectivity index (χ0) is 34.9. The van der Waals surface area contributed by atoms with E-state index in [9.17, 15) is 14.7 Å². The van der Waals surface area contributed by atoms with Crippen LogP contribution >= 0.6 is 0 Å². The standard InChI is InChI=1S/C15H14O3.C12H10O.C3H6O3.4C2H6/c1-17-15(16)11-18-14-10-6-5-9-13(14)12-7-3-2-4-8-12;13-12-9-5-4-8-11(12)10-6-2-1-3-7-10;1-6-3(5)2-4;4*1-2/h2-10H,11H2,1H3;1-9,13H;4H,2H2,1H3;4*1-2H3. The van der Waals surface area contributed by atoms with E-state index in [2.05, 4.69) is 9.47 Å². The van der Waals surface area contributed by atoms with Gasteiger partial charge >= 0.3 is 11.9 Å². The Balaban J connectivity index is -0.000000572. The summed E-state index contributed by atoms with van der Waals surface area (Å²) in [7, 11) is 2.56. The van der Waals surface area contributed by atoms with Crippen LogP contribution in [0.5, 0.6) is 11.5 Å². The maximum Gasteiger partial charge on any atom is 0.343 e. The smallest absolute Gasteiger partial charge is 0.343 e. The molecule has 0 aliphatic heterocycles. The highest BCUT2D eigenvalue weighted by Gasteiger charge is 2.07. The van der Waals surface area contributed by atoms with Crippen LogP contribution in [0, 0.1) is 0 Å². The Hall–Kier alpha value is -4.62. The van der Waals surface area contributed by atoms with Crippen LogP contribution in [0.3, 0.4) is 0 Å². The Bertz CT molecular complexity index is 1220. The molecule has 0 bridgehead atoms. The summed E-state index contributed by atoms with van der Waals surface area (Å²) < 4.78 is 14.0. The summed E-state index contributed by atoms with van der Waals surface area (Å²) >= 11 is 0. The van der Waals surface area contributed by atoms with E-state index in [1.807, 2.05) is 159 Å². The minimum Gasteiger partial charge on any atom is -0.507 e. The van der Waals surface area contributed by atoms with Crippen LogP contribution in [0.1, 0.15) is 55.4 Å². The van der Waals surface area contributed by atoms with Gasteiger partial charge in [0, 0.05) is 11.1 Å². The molecule has 0 aliphatic rings. The number of aliphatic hydroxyl groups excluding tert-OH is 1. The van der Waals surface area contributed by atoms with Crippen molar-refractivity contribution < 1.29 is 34.0 Å². The molecule has 45 heavy (non-hydrogen) atoms. The van der Waals surface area contributed by atoms with Gasteiger partial charge < -0.3 is 24.4 Å². The summed E-state index contributed by atoms with van der Waals surface area (Å²) in [6.07, 6.45) is 0. The molecule has 0 fully saturated rings. The number of phenolic OH excluding ortho intramolecular Hbond substituents is 1. The third kappa shape index (κ3) is 20.1. The molecule has 4 rings (SSSR count). The van der Waals surface area contributed by atoms with Crippen molar-refractivity contribution in [2.45, 2.75) is 55.4 Å². The highest BCUT2D eigenvalue weighted by molar-refractivity contribution is 5.73. The van der Waals surface area contributed by atoms with Crippen molar-refractivity contribution in [1.82, 2.24) is 0 Å². The van der Waals surface area contributed by atoms with Gasteiger partial charge in [0.2, 0.25) is 0 Å². The van der Waals surface area contributed by atoms with E-state index in [1.54, 1.807) is 6.07 Å². The van der Waals surface area contributed by atoms with E-state index in [-0.39, 0.29) is 6.61 Å². The minimum absolute atomic E-state index is 0.0830. The van der Waals surface area contributed by atoms with Crippen molar-refractivity contribution in [3.63, 3.8) is 0 Å². The van der Waals surface area contributed by atoms with Gasteiger partial charge in [-0.2, -0.15) is 0 Å². The van der Waals surface area contributed by atoms with E-state index >= 15 is 0 Å². The number of benzene rings is 4. The number of hydrogen-bond donors (Lipinski definition) is 2. The van der Waals surface area contributed by atoms with Gasteiger partial charge in [-0.05, 0) is 23.3 Å². The van der Waals surface area contributed by atoms with E-state index in [4.69, 9.17) is 9.84 Å². The summed E-state index contributed by atoms with van der Waals surface area (Å²) in [5.41, 5.74) is 3.93. The third-order valence-electron chi connectivity index (χ3n) is 4.89. The number of carbonyl (C=O) groups excluding carboxylic acids is 2. The molecule has 2 N–H and O–H groups in total. The lowest BCUT2D eigenvalue weighted by molar-refractivity contribution is -0.144. The Kier molecular flexibility index (Phi) is 32.2. The fraction of sp³-hybridized carbons (Fsp3) is 0.316. The Labute approximate surface area is 271 Å². The van der Waals surface area contributed by atoms with Crippen LogP contribution in [0.2, 0.25) is 0 Å². The number of esters is 2. The van der Waals surface area contributed by atoms with Gasteiger partial charge in [-0.25, -0.2) is 9.59 Å². The second-order valence-electron chi connectivity index (χ2n) is 7.34. The molecule has 0 aromatic heterocycles. The monoisotopic (exact) mass is 622 g/mol. The second kappa shape index (κ2) is 32.3. The number of para-hydroxylation sites is 2. The summed E-state index contributed by atoms with van der Waals surface area (Å²) in [4.78, 5) is 20.8. The lowest BCUT2D eigenvalue weighted by Gasteiger charge is -2.10. The molecular weight excluding hydrogens is 568 g/mol. The van der Waals surface area contributed by atoms with Crippen molar-refractivity contribution >= 4 is 11.9 Å². The first kappa shape index (κ1) is 44.8. The third-order valence-corrected chi connectivity index (χ3v) is 4.89. The quantitative estimate of drug-likeness (QED) is 0.207. The largest absolute Gasteiger partial charge is 0.507 e. The van der Waals surface area contributed by atoms with Gasteiger partial charge in [0.1, 0.15) is 18.1 Å². The first-order chi connectivity index (χ1) is 22.0. The molecule has 0 amide bonds. The van der Waals surface area contributed by atoms with Gasteiger partial charge in [-0.1, -0.05) is 152 Å². The van der Waals surface area contributed by atoms with Crippen LogP contribution in [-0.4, -0.2) is 49.6 Å². The Morgan fingerprint density at radius 3 is 1.31 bits per heavy atom. The lowest BCUT2D eigenvalue weighted by Crippen LogP contribution is -2.12. The van der Waals surface area contributed by atoms with Crippen molar-refractivity contribution in [3.8, 4) is 33.8 Å². The van der Waals surface area contributed by atoms with Crippen LogP contribution in [0.15, 0.2) is 109 Å². The zero-order valence-corrected chi connectivity index (χ0v) is 28.7. The fourth-order valence-corrected chi connectivity index (χ4v) is 3.04. The van der Waals surface area contributed by atoms with Crippen molar-refractivity contribution in [2.24, 2.45) is 0 Å².